The molecule has 0 aliphatic heterocycles. The minimum Gasteiger partial charge on any atom is -0.294 e. The molecule has 1 aromatic heterocycles. The van der Waals surface area contributed by atoms with E-state index >= 15 is 0 Å². The summed E-state index contributed by atoms with van der Waals surface area (Å²) in [5.74, 6) is -0.195. The van der Waals surface area contributed by atoms with Crippen molar-refractivity contribution in [2.24, 2.45) is 0 Å². The van der Waals surface area contributed by atoms with E-state index in [1.54, 1.807) is 6.07 Å². The van der Waals surface area contributed by atoms with Gasteiger partial charge in [0, 0.05) is 33.7 Å². The zero-order valence-corrected chi connectivity index (χ0v) is 11.9. The Hall–Kier alpha value is -1.73. The van der Waals surface area contributed by atoms with Gasteiger partial charge in [0.2, 0.25) is 0 Å². The topological polar surface area (TPSA) is 73.1 Å². The van der Waals surface area contributed by atoms with Gasteiger partial charge in [-0.1, -0.05) is 11.8 Å². The Morgan fingerprint density at radius 1 is 1.47 bits per heavy atom. The fourth-order valence-corrected chi connectivity index (χ4v) is 3.42. The number of rotatable bonds is 4. The molecule has 98 valence electrons. The fourth-order valence-electron chi connectivity index (χ4n) is 1.47. The number of aromatic nitrogens is 1. The van der Waals surface area contributed by atoms with Crippen LogP contribution in [0, 0.1) is 17.0 Å². The van der Waals surface area contributed by atoms with Crippen LogP contribution in [-0.4, -0.2) is 15.7 Å². The number of nitro groups is 1. The summed E-state index contributed by atoms with van der Waals surface area (Å²) in [6, 6.07) is 4.30. The second kappa shape index (κ2) is 5.50. The number of nitrogens with zero attached hydrogens (tertiary/aromatic N) is 2. The van der Waals surface area contributed by atoms with Crippen LogP contribution in [0.1, 0.15) is 23.0 Å². The lowest BCUT2D eigenvalue weighted by Crippen LogP contribution is -1.97. The first-order valence-electron chi connectivity index (χ1n) is 5.36. The molecule has 0 amide bonds. The highest BCUT2D eigenvalue weighted by Gasteiger charge is 2.15. The zero-order chi connectivity index (χ0) is 14.0. The van der Waals surface area contributed by atoms with Crippen LogP contribution in [0.5, 0.6) is 0 Å². The first kappa shape index (κ1) is 13.7. The number of benzene rings is 1. The van der Waals surface area contributed by atoms with Crippen LogP contribution >= 0.6 is 23.1 Å². The van der Waals surface area contributed by atoms with Gasteiger partial charge in [0.25, 0.3) is 5.69 Å². The lowest BCUT2D eigenvalue weighted by atomic mass is 10.1. The van der Waals surface area contributed by atoms with E-state index in [2.05, 4.69) is 4.98 Å². The highest BCUT2D eigenvalue weighted by atomic mass is 32.2. The average Bonchev–Trinajstić information content (AvgIpc) is 2.74. The molecule has 2 aromatic rings. The average molecular weight is 294 g/mol. The number of hydrogen-bond acceptors (Lipinski definition) is 6. The molecule has 7 heteroatoms. The van der Waals surface area contributed by atoms with E-state index in [0.29, 0.717) is 10.5 Å². The van der Waals surface area contributed by atoms with Gasteiger partial charge < -0.3 is 0 Å². The lowest BCUT2D eigenvalue weighted by Gasteiger charge is -2.04. The predicted octanol–water partition coefficient (Wildman–Crippen LogP) is 3.71. The minimum absolute atomic E-state index is 0.0788. The SMILES string of the molecule is CC(=O)c1cc([N+](=O)[O-])ccc1Sc1nc(C)cs1. The third-order valence-electron chi connectivity index (χ3n) is 2.35. The maximum Gasteiger partial charge on any atom is 0.270 e. The highest BCUT2D eigenvalue weighted by Crippen LogP contribution is 2.34. The number of aryl methyl sites for hydroxylation is 1. The van der Waals surface area contributed by atoms with E-state index in [1.807, 2.05) is 12.3 Å². The van der Waals surface area contributed by atoms with Crippen molar-refractivity contribution in [3.05, 3.63) is 45.0 Å². The van der Waals surface area contributed by atoms with E-state index in [4.69, 9.17) is 0 Å². The van der Waals surface area contributed by atoms with Gasteiger partial charge >= 0.3 is 0 Å². The molecule has 0 N–H and O–H groups in total. The van der Waals surface area contributed by atoms with E-state index in [1.165, 1.54) is 42.2 Å². The van der Waals surface area contributed by atoms with Crippen LogP contribution in [-0.2, 0) is 0 Å². The molecule has 1 aromatic carbocycles. The Balaban J connectivity index is 2.39. The van der Waals surface area contributed by atoms with Crippen LogP contribution in [0.15, 0.2) is 32.8 Å². The molecule has 0 bridgehead atoms. The molecule has 5 nitrogen and oxygen atoms in total. The second-order valence-corrected chi connectivity index (χ2v) is 6.00. The molecule has 19 heavy (non-hydrogen) atoms. The molecule has 1 heterocycles. The van der Waals surface area contributed by atoms with E-state index in [-0.39, 0.29) is 11.5 Å². The molecule has 0 unspecified atom stereocenters. The number of hydrogen-bond donors (Lipinski definition) is 0. The van der Waals surface area contributed by atoms with Gasteiger partial charge in [-0.05, 0) is 19.9 Å². The largest absolute Gasteiger partial charge is 0.294 e. The Morgan fingerprint density at radius 3 is 2.74 bits per heavy atom. The zero-order valence-electron chi connectivity index (χ0n) is 10.2. The second-order valence-electron chi connectivity index (χ2n) is 3.85. The van der Waals surface area contributed by atoms with Crippen LogP contribution in [0.25, 0.3) is 0 Å². The van der Waals surface area contributed by atoms with Gasteiger partial charge in [0.1, 0.15) is 0 Å². The van der Waals surface area contributed by atoms with Crippen molar-refractivity contribution >= 4 is 34.6 Å². The van der Waals surface area contributed by atoms with Crippen molar-refractivity contribution < 1.29 is 9.72 Å². The third-order valence-corrected chi connectivity index (χ3v) is 4.48. The Kier molecular flexibility index (Phi) is 3.96. The summed E-state index contributed by atoms with van der Waals surface area (Å²) in [4.78, 5) is 26.8. The predicted molar refractivity (Wildman–Crippen MR) is 74.1 cm³/mol. The molecular weight excluding hydrogens is 284 g/mol. The fraction of sp³-hybridized carbons (Fsp3) is 0.167. The Bertz CT molecular complexity index is 652. The number of nitro benzene ring substituents is 1. The van der Waals surface area contributed by atoms with Gasteiger partial charge in [-0.15, -0.1) is 11.3 Å². The summed E-state index contributed by atoms with van der Waals surface area (Å²) in [6.07, 6.45) is 0. The maximum absolute atomic E-state index is 11.6. The smallest absolute Gasteiger partial charge is 0.270 e. The summed E-state index contributed by atoms with van der Waals surface area (Å²) in [5, 5.41) is 12.6. The summed E-state index contributed by atoms with van der Waals surface area (Å²) >= 11 is 2.83. The molecule has 0 spiro atoms. The number of ketones is 1. The number of thiazole rings is 1. The number of non-ortho nitro benzene ring substituents is 1. The molecule has 0 atom stereocenters. The van der Waals surface area contributed by atoms with Gasteiger partial charge in [-0.2, -0.15) is 0 Å². The lowest BCUT2D eigenvalue weighted by molar-refractivity contribution is -0.384. The van der Waals surface area contributed by atoms with E-state index in [0.717, 1.165) is 10.0 Å². The van der Waals surface area contributed by atoms with Gasteiger partial charge in [0.15, 0.2) is 10.1 Å². The summed E-state index contributed by atoms with van der Waals surface area (Å²) in [6.45, 7) is 3.29. The first-order chi connectivity index (χ1) is 8.97. The maximum atomic E-state index is 11.6. The molecule has 0 aliphatic carbocycles. The Labute approximate surface area is 117 Å². The minimum atomic E-state index is -0.506. The third kappa shape index (κ3) is 3.18. The van der Waals surface area contributed by atoms with Gasteiger partial charge in [-0.3, -0.25) is 14.9 Å². The van der Waals surface area contributed by atoms with E-state index < -0.39 is 4.92 Å². The molecular formula is C12H10N2O3S2. The molecule has 0 saturated carbocycles. The van der Waals surface area contributed by atoms with Crippen molar-refractivity contribution in [1.82, 2.24) is 4.98 Å². The normalized spacial score (nSPS) is 10.4. The first-order valence-corrected chi connectivity index (χ1v) is 7.06. The van der Waals surface area contributed by atoms with Gasteiger partial charge in [0.05, 0.1) is 4.92 Å². The quantitative estimate of drug-likeness (QED) is 0.488. The summed E-state index contributed by atoms with van der Waals surface area (Å²) in [7, 11) is 0. The van der Waals surface area contributed by atoms with Crippen molar-refractivity contribution in [1.29, 1.82) is 0 Å². The van der Waals surface area contributed by atoms with Gasteiger partial charge in [-0.25, -0.2) is 4.98 Å². The van der Waals surface area contributed by atoms with Crippen molar-refractivity contribution in [3.63, 3.8) is 0 Å². The van der Waals surface area contributed by atoms with Crippen molar-refractivity contribution in [2.75, 3.05) is 0 Å². The molecule has 0 saturated heterocycles. The summed E-state index contributed by atoms with van der Waals surface area (Å²) < 4.78 is 0.814. The number of carbonyl (C=O) groups is 1. The highest BCUT2D eigenvalue weighted by molar-refractivity contribution is 8.01. The Morgan fingerprint density at radius 2 is 2.21 bits per heavy atom. The molecule has 0 radical (unpaired) electrons. The molecule has 2 rings (SSSR count). The van der Waals surface area contributed by atoms with Crippen molar-refractivity contribution in [2.45, 2.75) is 23.1 Å². The van der Waals surface area contributed by atoms with Crippen LogP contribution < -0.4 is 0 Å². The van der Waals surface area contributed by atoms with Crippen LogP contribution in [0.4, 0.5) is 5.69 Å². The number of Topliss-reactive ketones (excluding diaryl/α,β-unsaturated/α-hetero) is 1. The molecule has 0 aliphatic rings. The monoisotopic (exact) mass is 294 g/mol. The number of carbonyl (C=O) groups excluding carboxylic acids is 1. The standard InChI is InChI=1S/C12H10N2O3S2/c1-7-6-18-12(13-7)19-11-4-3-9(14(16)17)5-10(11)8(2)15/h3-6H,1-2H3. The summed E-state index contributed by atoms with van der Waals surface area (Å²) in [5.41, 5.74) is 1.19. The van der Waals surface area contributed by atoms with Crippen molar-refractivity contribution in [3.8, 4) is 0 Å². The molecule has 0 fully saturated rings. The van der Waals surface area contributed by atoms with Crippen LogP contribution in [0.2, 0.25) is 0 Å². The van der Waals surface area contributed by atoms with Crippen LogP contribution in [0.3, 0.4) is 0 Å². The van der Waals surface area contributed by atoms with E-state index in [9.17, 15) is 14.9 Å².